The third kappa shape index (κ3) is 4.75. The Kier molecular flexibility index (Phi) is 6.52. The van der Waals surface area contributed by atoms with Crippen LogP contribution >= 0.6 is 11.3 Å². The van der Waals surface area contributed by atoms with Gasteiger partial charge in [0.2, 0.25) is 5.91 Å². The van der Waals surface area contributed by atoms with Gasteiger partial charge in [-0.3, -0.25) is 9.59 Å². The van der Waals surface area contributed by atoms with Crippen molar-refractivity contribution in [3.63, 3.8) is 0 Å². The van der Waals surface area contributed by atoms with Gasteiger partial charge in [0.05, 0.1) is 4.88 Å². The number of piperidine rings is 1. The largest absolute Gasteiger partial charge is 0.352 e. The molecule has 0 radical (unpaired) electrons. The molecule has 1 aromatic heterocycles. The first kappa shape index (κ1) is 21.0. The lowest BCUT2D eigenvalue weighted by Gasteiger charge is -2.31. The molecule has 1 N–H and O–H groups in total. The second-order valence-electron chi connectivity index (χ2n) is 8.49. The Balaban J connectivity index is 1.28. The molecule has 0 spiro atoms. The number of benzene rings is 1. The highest BCUT2D eigenvalue weighted by molar-refractivity contribution is 7.14. The van der Waals surface area contributed by atoms with E-state index in [1.54, 1.807) is 24.3 Å². The summed E-state index contributed by atoms with van der Waals surface area (Å²) in [5.41, 5.74) is 2.73. The third-order valence-electron chi connectivity index (χ3n) is 6.31. The standard InChI is InChI=1S/C24H29FN2O2S/c1-16-7-8-17(13-20(16)25)15-26-23(28)18-9-11-27(12-10-18)24(29)22-14-19-5-3-2-4-6-21(19)30-22/h7-8,13-14,18H,2-6,9-12,15H2,1H3,(H,26,28). The Morgan fingerprint density at radius 1 is 1.13 bits per heavy atom. The Morgan fingerprint density at radius 3 is 2.67 bits per heavy atom. The van der Waals surface area contributed by atoms with Crippen molar-refractivity contribution >= 4 is 23.2 Å². The van der Waals surface area contributed by atoms with Crippen LogP contribution in [0.15, 0.2) is 24.3 Å². The normalized spacial score (nSPS) is 17.3. The number of rotatable bonds is 4. The van der Waals surface area contributed by atoms with Gasteiger partial charge in [-0.2, -0.15) is 0 Å². The topological polar surface area (TPSA) is 49.4 Å². The number of nitrogens with one attached hydrogen (secondary N) is 1. The van der Waals surface area contributed by atoms with Crippen LogP contribution < -0.4 is 5.32 Å². The molecule has 4 rings (SSSR count). The minimum absolute atomic E-state index is 0.00841. The molecule has 0 bridgehead atoms. The first-order valence-electron chi connectivity index (χ1n) is 10.9. The Hall–Kier alpha value is -2.21. The van der Waals surface area contributed by atoms with E-state index in [0.29, 0.717) is 38.0 Å². The second kappa shape index (κ2) is 9.29. The number of likely N-dealkylation sites (tertiary alicyclic amines) is 1. The molecule has 0 atom stereocenters. The van der Waals surface area contributed by atoms with Crippen molar-refractivity contribution in [3.8, 4) is 0 Å². The van der Waals surface area contributed by atoms with Crippen LogP contribution in [0.2, 0.25) is 0 Å². The minimum Gasteiger partial charge on any atom is -0.352 e. The van der Waals surface area contributed by atoms with Gasteiger partial charge in [-0.25, -0.2) is 4.39 Å². The quantitative estimate of drug-likeness (QED) is 0.722. The predicted octanol–water partition coefficient (Wildman–Crippen LogP) is 4.63. The van der Waals surface area contributed by atoms with Crippen molar-refractivity contribution in [2.45, 2.75) is 58.4 Å². The summed E-state index contributed by atoms with van der Waals surface area (Å²) in [6, 6.07) is 7.14. The Labute approximate surface area is 181 Å². The number of carbonyl (C=O) groups is 2. The molecule has 0 saturated carbocycles. The molecule has 2 aliphatic rings. The van der Waals surface area contributed by atoms with Crippen LogP contribution in [0.3, 0.4) is 0 Å². The van der Waals surface area contributed by atoms with Crippen molar-refractivity contribution in [2.75, 3.05) is 13.1 Å². The second-order valence-corrected chi connectivity index (χ2v) is 9.62. The molecule has 1 aliphatic heterocycles. The molecule has 0 unspecified atom stereocenters. The lowest BCUT2D eigenvalue weighted by molar-refractivity contribution is -0.126. The fraction of sp³-hybridized carbons (Fsp3) is 0.500. The van der Waals surface area contributed by atoms with Crippen molar-refractivity contribution in [3.05, 3.63) is 56.5 Å². The number of amides is 2. The zero-order chi connectivity index (χ0) is 21.1. The molecular formula is C24H29FN2O2S. The first-order chi connectivity index (χ1) is 14.5. The lowest BCUT2D eigenvalue weighted by atomic mass is 9.95. The van der Waals surface area contributed by atoms with E-state index >= 15 is 0 Å². The van der Waals surface area contributed by atoms with E-state index in [9.17, 15) is 14.0 Å². The Morgan fingerprint density at radius 2 is 1.90 bits per heavy atom. The molecule has 6 heteroatoms. The average molecular weight is 429 g/mol. The van der Waals surface area contributed by atoms with Gasteiger partial charge in [0, 0.05) is 30.4 Å². The van der Waals surface area contributed by atoms with Crippen molar-refractivity contribution in [2.24, 2.45) is 5.92 Å². The molecule has 1 aliphatic carbocycles. The van der Waals surface area contributed by atoms with Crippen LogP contribution in [-0.2, 0) is 24.2 Å². The maximum absolute atomic E-state index is 13.7. The maximum atomic E-state index is 13.7. The molecule has 1 fully saturated rings. The number of thiophene rings is 1. The minimum atomic E-state index is -0.251. The highest BCUT2D eigenvalue weighted by atomic mass is 32.1. The molecular weight excluding hydrogens is 399 g/mol. The van der Waals surface area contributed by atoms with Crippen molar-refractivity contribution in [1.82, 2.24) is 10.2 Å². The van der Waals surface area contributed by atoms with E-state index < -0.39 is 0 Å². The number of fused-ring (bicyclic) bond motifs is 1. The summed E-state index contributed by atoms with van der Waals surface area (Å²) in [6.45, 7) is 3.27. The highest BCUT2D eigenvalue weighted by Crippen LogP contribution is 2.30. The SMILES string of the molecule is Cc1ccc(CNC(=O)C2CCN(C(=O)c3cc4c(s3)CCCCC4)CC2)cc1F. The molecule has 1 aromatic carbocycles. The predicted molar refractivity (Wildman–Crippen MR) is 117 cm³/mol. The molecule has 2 heterocycles. The van der Waals surface area contributed by atoms with Gasteiger partial charge in [0.1, 0.15) is 5.82 Å². The summed E-state index contributed by atoms with van der Waals surface area (Å²) in [4.78, 5) is 29.6. The van der Waals surface area contributed by atoms with E-state index in [4.69, 9.17) is 0 Å². The number of nitrogens with zero attached hydrogens (tertiary/aromatic N) is 1. The number of halogens is 1. The van der Waals surface area contributed by atoms with Crippen molar-refractivity contribution < 1.29 is 14.0 Å². The summed E-state index contributed by atoms with van der Waals surface area (Å²) in [7, 11) is 0. The van der Waals surface area contributed by atoms with Gasteiger partial charge in [0.25, 0.3) is 5.91 Å². The van der Waals surface area contributed by atoms with Crippen LogP contribution in [0.25, 0.3) is 0 Å². The number of hydrogen-bond donors (Lipinski definition) is 1. The van der Waals surface area contributed by atoms with E-state index in [-0.39, 0.29) is 23.5 Å². The van der Waals surface area contributed by atoms with Crippen LogP contribution in [0, 0.1) is 18.7 Å². The fourth-order valence-electron chi connectivity index (χ4n) is 4.35. The molecule has 30 heavy (non-hydrogen) atoms. The summed E-state index contributed by atoms with van der Waals surface area (Å²) < 4.78 is 13.7. The van der Waals surface area contributed by atoms with Gasteiger partial charge in [0.15, 0.2) is 0 Å². The summed E-state index contributed by atoms with van der Waals surface area (Å²) in [5, 5.41) is 2.92. The van der Waals surface area contributed by atoms with Crippen LogP contribution in [0.5, 0.6) is 0 Å². The molecule has 2 aromatic rings. The van der Waals surface area contributed by atoms with Gasteiger partial charge in [-0.05, 0) is 74.3 Å². The lowest BCUT2D eigenvalue weighted by Crippen LogP contribution is -2.42. The molecule has 2 amide bonds. The first-order valence-corrected chi connectivity index (χ1v) is 11.8. The van der Waals surface area contributed by atoms with Crippen molar-refractivity contribution in [1.29, 1.82) is 0 Å². The van der Waals surface area contributed by atoms with E-state index in [2.05, 4.69) is 11.4 Å². The van der Waals surface area contributed by atoms with Gasteiger partial charge >= 0.3 is 0 Å². The number of aryl methyl sites for hydroxylation is 3. The van der Waals surface area contributed by atoms with E-state index in [0.717, 1.165) is 23.3 Å². The van der Waals surface area contributed by atoms with Crippen LogP contribution in [-0.4, -0.2) is 29.8 Å². The smallest absolute Gasteiger partial charge is 0.263 e. The maximum Gasteiger partial charge on any atom is 0.263 e. The van der Waals surface area contributed by atoms with Gasteiger partial charge < -0.3 is 10.2 Å². The molecule has 4 nitrogen and oxygen atoms in total. The molecule has 160 valence electrons. The monoisotopic (exact) mass is 428 g/mol. The van der Waals surface area contributed by atoms with E-state index in [1.165, 1.54) is 35.8 Å². The third-order valence-corrected chi connectivity index (χ3v) is 7.54. The zero-order valence-corrected chi connectivity index (χ0v) is 18.3. The van der Waals surface area contributed by atoms with Crippen LogP contribution in [0.4, 0.5) is 4.39 Å². The average Bonchev–Trinajstić information content (AvgIpc) is 3.04. The van der Waals surface area contributed by atoms with E-state index in [1.807, 2.05) is 11.0 Å². The van der Waals surface area contributed by atoms with Gasteiger partial charge in [-0.1, -0.05) is 18.6 Å². The van der Waals surface area contributed by atoms with Crippen LogP contribution in [0.1, 0.15) is 63.3 Å². The fourth-order valence-corrected chi connectivity index (χ4v) is 5.57. The highest BCUT2D eigenvalue weighted by Gasteiger charge is 2.29. The summed E-state index contributed by atoms with van der Waals surface area (Å²) >= 11 is 1.66. The Bertz CT molecular complexity index is 908. The zero-order valence-electron chi connectivity index (χ0n) is 17.5. The van der Waals surface area contributed by atoms with Gasteiger partial charge in [-0.15, -0.1) is 11.3 Å². The summed E-state index contributed by atoms with van der Waals surface area (Å²) in [6.07, 6.45) is 7.24. The molecule has 1 saturated heterocycles. The number of carbonyl (C=O) groups excluding carboxylic acids is 2. The number of hydrogen-bond acceptors (Lipinski definition) is 3. The summed E-state index contributed by atoms with van der Waals surface area (Å²) in [5.74, 6) is -0.239.